The molecule has 0 rings (SSSR count). The molecule has 1 unspecified atom stereocenters. The van der Waals surface area contributed by atoms with Crippen LogP contribution in [0.2, 0.25) is 0 Å². The van der Waals surface area contributed by atoms with Crippen molar-refractivity contribution in [2.45, 2.75) is 47.1 Å². The summed E-state index contributed by atoms with van der Waals surface area (Å²) >= 11 is 0. The molecule has 0 aromatic rings. The topological polar surface area (TPSA) is 23.5 Å². The highest BCUT2D eigenvalue weighted by molar-refractivity contribution is 4.48. The molecule has 0 spiro atoms. The predicted molar refractivity (Wildman–Crippen MR) is 66.6 cm³/mol. The van der Waals surface area contributed by atoms with E-state index in [1.165, 1.54) is 13.0 Å². The van der Waals surface area contributed by atoms with Gasteiger partial charge in [0.05, 0.1) is 6.10 Å². The van der Waals surface area contributed by atoms with Crippen molar-refractivity contribution in [2.75, 3.05) is 20.6 Å². The van der Waals surface area contributed by atoms with Crippen LogP contribution >= 0.6 is 0 Å². The summed E-state index contributed by atoms with van der Waals surface area (Å²) in [7, 11) is 4.23. The van der Waals surface area contributed by atoms with Gasteiger partial charge in [0.1, 0.15) is 0 Å². The van der Waals surface area contributed by atoms with Gasteiger partial charge in [-0.1, -0.05) is 27.7 Å². The standard InChI is InChI=1S/C7H17N.C5H12O.H2/c1-7(2)5-6-8(3)4;1-4(2)5(3)6;/h7H,5-6H2,1-4H3;4-6H,1-3H3;1H. The zero-order valence-electron chi connectivity index (χ0n) is 11.0. The Kier molecular flexibility index (Phi) is 11.1. The summed E-state index contributed by atoms with van der Waals surface area (Å²) in [5.74, 6) is 1.25. The maximum atomic E-state index is 8.63. The van der Waals surface area contributed by atoms with Crippen LogP contribution in [0.3, 0.4) is 0 Å². The lowest BCUT2D eigenvalue weighted by molar-refractivity contribution is 0.144. The monoisotopic (exact) mass is 205 g/mol. The predicted octanol–water partition coefficient (Wildman–Crippen LogP) is 2.86. The molecule has 14 heavy (non-hydrogen) atoms. The SMILES string of the molecule is CC(C)C(C)O.CC(C)CCN(C)C.[HH]. The van der Waals surface area contributed by atoms with Gasteiger partial charge in [0.2, 0.25) is 0 Å². The molecule has 2 nitrogen and oxygen atoms in total. The summed E-state index contributed by atoms with van der Waals surface area (Å²) in [5, 5.41) is 8.63. The Morgan fingerprint density at radius 2 is 1.43 bits per heavy atom. The van der Waals surface area contributed by atoms with Crippen molar-refractivity contribution in [1.29, 1.82) is 0 Å². The van der Waals surface area contributed by atoms with E-state index in [9.17, 15) is 0 Å². The summed E-state index contributed by atoms with van der Waals surface area (Å²) in [6.45, 7) is 11.5. The van der Waals surface area contributed by atoms with Crippen molar-refractivity contribution in [2.24, 2.45) is 11.8 Å². The Balaban J connectivity index is -0.000000187. The van der Waals surface area contributed by atoms with E-state index in [-0.39, 0.29) is 7.53 Å². The lowest BCUT2D eigenvalue weighted by Crippen LogP contribution is -2.14. The highest BCUT2D eigenvalue weighted by atomic mass is 16.3. The van der Waals surface area contributed by atoms with Gasteiger partial charge < -0.3 is 10.0 Å². The van der Waals surface area contributed by atoms with Crippen LogP contribution in [-0.4, -0.2) is 36.8 Å². The van der Waals surface area contributed by atoms with Crippen molar-refractivity contribution >= 4 is 0 Å². The molecule has 0 aliphatic heterocycles. The first-order valence-corrected chi connectivity index (χ1v) is 5.60. The molecule has 1 N–H and O–H groups in total. The van der Waals surface area contributed by atoms with Gasteiger partial charge in [-0.15, -0.1) is 0 Å². The molecule has 0 saturated carbocycles. The number of aliphatic hydroxyl groups excluding tert-OH is 1. The van der Waals surface area contributed by atoms with E-state index in [2.05, 4.69) is 32.8 Å². The summed E-state index contributed by atoms with van der Waals surface area (Å²) < 4.78 is 0. The number of rotatable bonds is 4. The Morgan fingerprint density at radius 1 is 1.07 bits per heavy atom. The Morgan fingerprint density at radius 3 is 1.50 bits per heavy atom. The normalized spacial score (nSPS) is 13.1. The van der Waals surface area contributed by atoms with Gasteiger partial charge in [-0.05, 0) is 45.8 Å². The van der Waals surface area contributed by atoms with Gasteiger partial charge in [-0.25, -0.2) is 0 Å². The summed E-state index contributed by atoms with van der Waals surface area (Å²) in [4.78, 5) is 2.22. The molecule has 0 aliphatic carbocycles. The van der Waals surface area contributed by atoms with E-state index in [1.54, 1.807) is 6.92 Å². The second kappa shape index (κ2) is 9.47. The maximum Gasteiger partial charge on any atom is 0.0535 e. The Labute approximate surface area is 91.8 Å². The average Bonchev–Trinajstić information content (AvgIpc) is 2.01. The zero-order valence-corrected chi connectivity index (χ0v) is 11.0. The molecule has 90 valence electrons. The third kappa shape index (κ3) is 17.9. The van der Waals surface area contributed by atoms with Gasteiger partial charge in [-0.2, -0.15) is 0 Å². The van der Waals surface area contributed by atoms with Crippen molar-refractivity contribution in [3.8, 4) is 0 Å². The van der Waals surface area contributed by atoms with E-state index >= 15 is 0 Å². The fourth-order valence-corrected chi connectivity index (χ4v) is 0.516. The highest BCUT2D eigenvalue weighted by Crippen LogP contribution is 1.98. The molecule has 0 aromatic carbocycles. The van der Waals surface area contributed by atoms with Crippen LogP contribution in [0.25, 0.3) is 0 Å². The van der Waals surface area contributed by atoms with Gasteiger partial charge in [-0.3, -0.25) is 0 Å². The minimum Gasteiger partial charge on any atom is -0.393 e. The molecule has 0 aromatic heterocycles. The van der Waals surface area contributed by atoms with Crippen LogP contribution in [0.5, 0.6) is 0 Å². The summed E-state index contributed by atoms with van der Waals surface area (Å²) in [6.07, 6.45) is 1.16. The minimum atomic E-state index is -0.148. The van der Waals surface area contributed by atoms with Gasteiger partial charge in [0.15, 0.2) is 0 Å². The van der Waals surface area contributed by atoms with E-state index in [0.717, 1.165) is 5.92 Å². The van der Waals surface area contributed by atoms with Crippen LogP contribution in [0.15, 0.2) is 0 Å². The van der Waals surface area contributed by atoms with Crippen LogP contribution in [0.4, 0.5) is 0 Å². The van der Waals surface area contributed by atoms with Crippen molar-refractivity contribution in [3.05, 3.63) is 0 Å². The molecule has 0 aliphatic rings. The van der Waals surface area contributed by atoms with Crippen LogP contribution in [0.1, 0.15) is 42.5 Å². The fraction of sp³-hybridized carbons (Fsp3) is 1.00. The summed E-state index contributed by atoms with van der Waals surface area (Å²) in [6, 6.07) is 0. The fourth-order valence-electron chi connectivity index (χ4n) is 0.516. The second-order valence-corrected chi connectivity index (χ2v) is 4.97. The lowest BCUT2D eigenvalue weighted by atomic mass is 10.1. The first-order chi connectivity index (χ1) is 6.27. The minimum absolute atomic E-state index is 0. The van der Waals surface area contributed by atoms with Crippen LogP contribution in [-0.2, 0) is 0 Å². The largest absolute Gasteiger partial charge is 0.393 e. The molecule has 0 radical (unpaired) electrons. The summed E-state index contributed by atoms with van der Waals surface area (Å²) in [5.41, 5.74) is 0. The molecule has 0 fully saturated rings. The number of nitrogens with zero attached hydrogens (tertiary/aromatic N) is 1. The van der Waals surface area contributed by atoms with Crippen molar-refractivity contribution in [1.82, 2.24) is 4.90 Å². The third-order valence-corrected chi connectivity index (χ3v) is 2.12. The third-order valence-electron chi connectivity index (χ3n) is 2.12. The molecule has 2 heteroatoms. The van der Waals surface area contributed by atoms with Gasteiger partial charge in [0.25, 0.3) is 0 Å². The number of hydrogen-bond donors (Lipinski definition) is 1. The lowest BCUT2D eigenvalue weighted by Gasteiger charge is -2.10. The quantitative estimate of drug-likeness (QED) is 0.763. The first-order valence-electron chi connectivity index (χ1n) is 5.60. The van der Waals surface area contributed by atoms with E-state index in [1.807, 2.05) is 13.8 Å². The molecule has 1 atom stereocenters. The molecule has 0 heterocycles. The smallest absolute Gasteiger partial charge is 0.0535 e. The second-order valence-electron chi connectivity index (χ2n) is 4.97. The average molecular weight is 205 g/mol. The molecule has 0 bridgehead atoms. The van der Waals surface area contributed by atoms with E-state index in [0.29, 0.717) is 5.92 Å². The molecular formula is C12H31NO. The van der Waals surface area contributed by atoms with Gasteiger partial charge >= 0.3 is 0 Å². The first kappa shape index (κ1) is 16.4. The number of aliphatic hydroxyl groups is 1. The molecular weight excluding hydrogens is 174 g/mol. The zero-order chi connectivity index (χ0) is 11.7. The van der Waals surface area contributed by atoms with E-state index in [4.69, 9.17) is 5.11 Å². The Bertz CT molecular complexity index is 100. The van der Waals surface area contributed by atoms with Gasteiger partial charge in [0, 0.05) is 1.43 Å². The van der Waals surface area contributed by atoms with E-state index < -0.39 is 0 Å². The Hall–Kier alpha value is -0.0800. The van der Waals surface area contributed by atoms with Crippen LogP contribution < -0.4 is 0 Å². The maximum absolute atomic E-state index is 8.63. The molecule has 0 amide bonds. The van der Waals surface area contributed by atoms with Crippen molar-refractivity contribution < 1.29 is 6.53 Å². The van der Waals surface area contributed by atoms with Crippen molar-refractivity contribution in [3.63, 3.8) is 0 Å². The molecule has 0 saturated heterocycles. The number of hydrogen-bond acceptors (Lipinski definition) is 2. The highest BCUT2D eigenvalue weighted by Gasteiger charge is 1.97. The van der Waals surface area contributed by atoms with Crippen LogP contribution in [0, 0.1) is 11.8 Å².